The fraction of sp³-hybridized carbons (Fsp3) is 0.200. The summed E-state index contributed by atoms with van der Waals surface area (Å²) in [6.07, 6.45) is 2.48. The van der Waals surface area contributed by atoms with Crippen LogP contribution in [0.25, 0.3) is 11.1 Å². The zero-order valence-electron chi connectivity index (χ0n) is 20.4. The van der Waals surface area contributed by atoms with Crippen molar-refractivity contribution in [3.63, 3.8) is 0 Å². The van der Waals surface area contributed by atoms with E-state index in [1.807, 2.05) is 24.3 Å². The third-order valence-electron chi connectivity index (χ3n) is 6.87. The van der Waals surface area contributed by atoms with Crippen LogP contribution in [0.2, 0.25) is 0 Å². The van der Waals surface area contributed by atoms with Gasteiger partial charge in [-0.2, -0.15) is 0 Å². The first-order chi connectivity index (χ1) is 18.4. The fourth-order valence-corrected chi connectivity index (χ4v) is 5.01. The molecule has 8 heteroatoms. The zero-order valence-corrected chi connectivity index (χ0v) is 20.4. The van der Waals surface area contributed by atoms with Crippen molar-refractivity contribution in [1.29, 1.82) is 0 Å². The molecule has 4 aromatic rings. The van der Waals surface area contributed by atoms with Gasteiger partial charge >= 0.3 is 0 Å². The molecule has 4 aromatic carbocycles. The van der Waals surface area contributed by atoms with Crippen molar-refractivity contribution in [2.75, 3.05) is 13.6 Å². The Kier molecular flexibility index (Phi) is 5.99. The van der Waals surface area contributed by atoms with Gasteiger partial charge in [-0.15, -0.1) is 0 Å². The van der Waals surface area contributed by atoms with E-state index >= 15 is 0 Å². The predicted molar refractivity (Wildman–Crippen MR) is 138 cm³/mol. The molecular formula is C30H26O8. The molecule has 38 heavy (non-hydrogen) atoms. The van der Waals surface area contributed by atoms with Gasteiger partial charge in [0.05, 0.1) is 0 Å². The summed E-state index contributed by atoms with van der Waals surface area (Å²) < 4.78 is 21.5. The summed E-state index contributed by atoms with van der Waals surface area (Å²) in [5, 5.41) is 41.2. The first-order valence-electron chi connectivity index (χ1n) is 12.3. The van der Waals surface area contributed by atoms with Gasteiger partial charge < -0.3 is 39.4 Å². The van der Waals surface area contributed by atoms with E-state index in [9.17, 15) is 20.4 Å². The van der Waals surface area contributed by atoms with Gasteiger partial charge in [0.2, 0.25) is 25.1 Å². The normalized spacial score (nSPS) is 13.2. The van der Waals surface area contributed by atoms with Crippen LogP contribution in [-0.2, 0) is 25.7 Å². The van der Waals surface area contributed by atoms with Gasteiger partial charge in [-0.1, -0.05) is 12.1 Å². The molecule has 0 spiro atoms. The van der Waals surface area contributed by atoms with Crippen LogP contribution >= 0.6 is 0 Å². The van der Waals surface area contributed by atoms with Gasteiger partial charge in [-0.25, -0.2) is 0 Å². The highest BCUT2D eigenvalue weighted by molar-refractivity contribution is 5.73. The van der Waals surface area contributed by atoms with Gasteiger partial charge in [-0.3, -0.25) is 0 Å². The van der Waals surface area contributed by atoms with Crippen LogP contribution in [-0.4, -0.2) is 34.0 Å². The number of hydrogen-bond donors (Lipinski definition) is 4. The van der Waals surface area contributed by atoms with Gasteiger partial charge in [0.15, 0.2) is 23.0 Å². The minimum atomic E-state index is 0.0470. The molecule has 0 saturated heterocycles. The van der Waals surface area contributed by atoms with Crippen LogP contribution in [0.3, 0.4) is 0 Å². The molecule has 2 heterocycles. The van der Waals surface area contributed by atoms with Gasteiger partial charge in [-0.05, 0) is 108 Å². The first kappa shape index (κ1) is 23.7. The van der Waals surface area contributed by atoms with Crippen LogP contribution in [0.5, 0.6) is 46.0 Å². The Labute approximate surface area is 218 Å². The van der Waals surface area contributed by atoms with Crippen molar-refractivity contribution >= 4 is 0 Å². The lowest BCUT2D eigenvalue weighted by atomic mass is 9.89. The smallest absolute Gasteiger partial charge is 0.231 e. The van der Waals surface area contributed by atoms with Gasteiger partial charge in [0.25, 0.3) is 0 Å². The van der Waals surface area contributed by atoms with Crippen LogP contribution in [0, 0.1) is 0 Å². The number of phenolic OH excluding ortho intramolecular Hbond substituents is 4. The third-order valence-corrected chi connectivity index (χ3v) is 6.87. The van der Waals surface area contributed by atoms with Crippen molar-refractivity contribution in [1.82, 2.24) is 0 Å². The number of ether oxygens (including phenoxy) is 4. The Morgan fingerprint density at radius 2 is 0.947 bits per heavy atom. The summed E-state index contributed by atoms with van der Waals surface area (Å²) >= 11 is 0. The van der Waals surface area contributed by atoms with Crippen molar-refractivity contribution in [2.45, 2.75) is 25.7 Å². The summed E-state index contributed by atoms with van der Waals surface area (Å²) in [5.41, 5.74) is 5.37. The molecule has 2 aliphatic heterocycles. The van der Waals surface area contributed by atoms with Gasteiger partial charge in [0.1, 0.15) is 11.5 Å². The minimum absolute atomic E-state index is 0.0470. The number of benzene rings is 4. The molecule has 194 valence electrons. The maximum Gasteiger partial charge on any atom is 0.231 e. The van der Waals surface area contributed by atoms with Crippen LogP contribution < -0.4 is 18.9 Å². The molecule has 2 aliphatic rings. The SMILES string of the molecule is Oc1ccc(CCc2cc(O)c3c(c2)OCO3)c(-c2cc(O)ccc2CCc2cc(O)c3c(c2)OCO3)c1. The summed E-state index contributed by atoms with van der Waals surface area (Å²) in [4.78, 5) is 0. The second-order valence-electron chi connectivity index (χ2n) is 9.38. The van der Waals surface area contributed by atoms with E-state index in [4.69, 9.17) is 18.9 Å². The van der Waals surface area contributed by atoms with E-state index in [1.54, 1.807) is 36.4 Å². The average molecular weight is 515 g/mol. The maximum absolute atomic E-state index is 10.3. The Balaban J connectivity index is 1.28. The second-order valence-corrected chi connectivity index (χ2v) is 9.38. The number of fused-ring (bicyclic) bond motifs is 2. The second kappa shape index (κ2) is 9.63. The topological polar surface area (TPSA) is 118 Å². The lowest BCUT2D eigenvalue weighted by molar-refractivity contribution is 0.171. The van der Waals surface area contributed by atoms with Crippen molar-refractivity contribution in [3.8, 4) is 57.1 Å². The summed E-state index contributed by atoms with van der Waals surface area (Å²) in [5.74, 6) is 2.11. The van der Waals surface area contributed by atoms with Crippen LogP contribution in [0.1, 0.15) is 22.3 Å². The number of hydrogen-bond acceptors (Lipinski definition) is 8. The molecule has 0 atom stereocenters. The number of phenols is 4. The van der Waals surface area contributed by atoms with E-state index in [-0.39, 0.29) is 36.6 Å². The van der Waals surface area contributed by atoms with Gasteiger partial charge in [0, 0.05) is 0 Å². The Morgan fingerprint density at radius 1 is 0.500 bits per heavy atom. The monoisotopic (exact) mass is 514 g/mol. The third kappa shape index (κ3) is 4.56. The molecule has 6 rings (SSSR count). The quantitative estimate of drug-likeness (QED) is 0.266. The van der Waals surface area contributed by atoms with E-state index in [0.717, 1.165) is 33.4 Å². The molecule has 8 nitrogen and oxygen atoms in total. The standard InChI is InChI=1S/C30H26O8/c31-21-7-5-19(3-1-17-9-25(33)29-27(11-17)35-15-37-29)23(13-21)24-14-22(32)8-6-20(24)4-2-18-10-26(34)30-28(12-18)36-16-38-30/h5-14,31-34H,1-4,15-16H2. The molecule has 0 fully saturated rings. The number of rotatable bonds is 7. The molecule has 0 aromatic heterocycles. The van der Waals surface area contributed by atoms with E-state index in [0.29, 0.717) is 48.7 Å². The average Bonchev–Trinajstić information content (AvgIpc) is 3.57. The Hall–Kier alpha value is -4.72. The fourth-order valence-electron chi connectivity index (χ4n) is 5.01. The molecule has 4 N–H and O–H groups in total. The molecule has 0 radical (unpaired) electrons. The highest BCUT2D eigenvalue weighted by Crippen LogP contribution is 2.43. The summed E-state index contributed by atoms with van der Waals surface area (Å²) in [6.45, 7) is 0.168. The zero-order chi connectivity index (χ0) is 26.2. The molecule has 0 unspecified atom stereocenters. The predicted octanol–water partition coefficient (Wildman–Crippen LogP) is 5.20. The molecule has 0 amide bonds. The van der Waals surface area contributed by atoms with E-state index < -0.39 is 0 Å². The lowest BCUT2D eigenvalue weighted by Gasteiger charge is -2.16. The minimum Gasteiger partial charge on any atom is -0.508 e. The van der Waals surface area contributed by atoms with Crippen molar-refractivity contribution < 1.29 is 39.4 Å². The summed E-state index contributed by atoms with van der Waals surface area (Å²) in [6, 6.07) is 17.5. The Bertz CT molecular complexity index is 1410. The van der Waals surface area contributed by atoms with E-state index in [1.165, 1.54) is 0 Å². The first-order valence-corrected chi connectivity index (χ1v) is 12.3. The van der Waals surface area contributed by atoms with Crippen molar-refractivity contribution in [3.05, 3.63) is 82.9 Å². The number of aromatic hydroxyl groups is 4. The number of aryl methyl sites for hydroxylation is 4. The van der Waals surface area contributed by atoms with Crippen LogP contribution in [0.15, 0.2) is 60.7 Å². The molecule has 0 aliphatic carbocycles. The lowest BCUT2D eigenvalue weighted by Crippen LogP contribution is -1.99. The molecule has 0 saturated carbocycles. The highest BCUT2D eigenvalue weighted by atomic mass is 16.7. The van der Waals surface area contributed by atoms with Crippen molar-refractivity contribution in [2.24, 2.45) is 0 Å². The highest BCUT2D eigenvalue weighted by Gasteiger charge is 2.21. The summed E-state index contributed by atoms with van der Waals surface area (Å²) in [7, 11) is 0. The Morgan fingerprint density at radius 3 is 1.39 bits per heavy atom. The molecular weight excluding hydrogens is 488 g/mol. The van der Waals surface area contributed by atoms with Crippen LogP contribution in [0.4, 0.5) is 0 Å². The largest absolute Gasteiger partial charge is 0.508 e. The molecule has 0 bridgehead atoms. The maximum atomic E-state index is 10.3. The van der Waals surface area contributed by atoms with E-state index in [2.05, 4.69) is 0 Å².